The topological polar surface area (TPSA) is 221 Å². The molecule has 0 amide bonds. The van der Waals surface area contributed by atoms with Gasteiger partial charge in [0.2, 0.25) is 0 Å². The second-order valence-electron chi connectivity index (χ2n) is 14.6. The number of esters is 4. The maximum Gasteiger partial charge on any atom is 0.306 e. The van der Waals surface area contributed by atoms with Gasteiger partial charge in [0.1, 0.15) is 30.5 Å². The molecule has 0 aromatic rings. The van der Waals surface area contributed by atoms with Crippen LogP contribution in [0.4, 0.5) is 0 Å². The molecular weight excluding hydrogens is 728 g/mol. The van der Waals surface area contributed by atoms with Gasteiger partial charge >= 0.3 is 23.9 Å². The van der Waals surface area contributed by atoms with Gasteiger partial charge in [0.05, 0.1) is 18.3 Å². The molecule has 318 valence electrons. The van der Waals surface area contributed by atoms with Gasteiger partial charge in [-0.15, -0.1) is 0 Å². The largest absolute Gasteiger partial charge is 0.457 e. The third-order valence-corrected chi connectivity index (χ3v) is 9.78. The molecule has 3 aliphatic rings. The van der Waals surface area contributed by atoms with E-state index in [1.165, 1.54) is 13.8 Å². The van der Waals surface area contributed by atoms with Crippen molar-refractivity contribution in [1.29, 1.82) is 0 Å². The Labute approximate surface area is 323 Å². The monoisotopic (exact) mass is 792 g/mol. The zero-order valence-electron chi connectivity index (χ0n) is 33.5. The minimum absolute atomic E-state index is 0.122. The Morgan fingerprint density at radius 1 is 0.491 bits per heavy atom. The molecule has 3 saturated heterocycles. The molecule has 3 aliphatic heterocycles. The molecule has 0 unspecified atom stereocenters. The maximum atomic E-state index is 13.0. The van der Waals surface area contributed by atoms with Gasteiger partial charge in [0.25, 0.3) is 0 Å². The molecule has 0 radical (unpaired) electrons. The maximum absolute atomic E-state index is 13.0. The molecule has 0 spiro atoms. The summed E-state index contributed by atoms with van der Waals surface area (Å²) in [5.74, 6) is -2.80. The van der Waals surface area contributed by atoms with Crippen LogP contribution < -0.4 is 0 Å². The van der Waals surface area contributed by atoms with Gasteiger partial charge in [-0.1, -0.05) is 58.8 Å². The number of carbonyl (C=O) groups is 4. The lowest BCUT2D eigenvalue weighted by atomic mass is 9.96. The van der Waals surface area contributed by atoms with Crippen LogP contribution in [0.15, 0.2) is 0 Å². The number of hydrogen-bond acceptors (Lipinski definition) is 17. The van der Waals surface area contributed by atoms with E-state index in [0.29, 0.717) is 6.42 Å². The van der Waals surface area contributed by atoms with Crippen molar-refractivity contribution in [3.8, 4) is 0 Å². The molecule has 0 aromatic heterocycles. The number of aliphatic hydroxyl groups is 3. The van der Waals surface area contributed by atoms with Crippen LogP contribution in [-0.4, -0.2) is 138 Å². The summed E-state index contributed by atoms with van der Waals surface area (Å²) >= 11 is 0. The first-order valence-corrected chi connectivity index (χ1v) is 19.7. The first-order chi connectivity index (χ1) is 26.1. The van der Waals surface area contributed by atoms with Crippen molar-refractivity contribution in [2.24, 2.45) is 0 Å². The van der Waals surface area contributed by atoms with Crippen molar-refractivity contribution in [3.63, 3.8) is 0 Å². The molecular formula is C38H64O17. The van der Waals surface area contributed by atoms with Gasteiger partial charge in [-0.2, -0.15) is 0 Å². The van der Waals surface area contributed by atoms with Crippen LogP contribution in [0.5, 0.6) is 0 Å². The lowest BCUT2D eigenvalue weighted by Gasteiger charge is -2.49. The van der Waals surface area contributed by atoms with Crippen molar-refractivity contribution in [2.75, 3.05) is 6.61 Å². The van der Waals surface area contributed by atoms with E-state index in [1.54, 1.807) is 6.92 Å². The van der Waals surface area contributed by atoms with Gasteiger partial charge < -0.3 is 62.7 Å². The SMILES string of the molecule is CCCCCCCCO[C@@H]1O[C@@H](C)[C@H](OC(=O)CCCCC)[C@@H](O[C@@H]2O[C@@H](C)[C@H](OC(C)=O)[C@@H](O[C@@H]3O[C@@H](C)[C@H](OC(C)=O)[C@@H](O)[C@H]3O)[C@H]2OC(C)=O)[C@H]1O. The summed E-state index contributed by atoms with van der Waals surface area (Å²) in [6.45, 7) is 12.5. The lowest BCUT2D eigenvalue weighted by molar-refractivity contribution is -0.376. The summed E-state index contributed by atoms with van der Waals surface area (Å²) in [5, 5.41) is 33.6. The fourth-order valence-corrected chi connectivity index (χ4v) is 6.95. The van der Waals surface area contributed by atoms with Crippen LogP contribution in [0.3, 0.4) is 0 Å². The third kappa shape index (κ3) is 13.8. The van der Waals surface area contributed by atoms with Crippen LogP contribution in [0.2, 0.25) is 0 Å². The minimum Gasteiger partial charge on any atom is -0.457 e. The van der Waals surface area contributed by atoms with E-state index < -0.39 is 116 Å². The van der Waals surface area contributed by atoms with Crippen molar-refractivity contribution in [1.82, 2.24) is 0 Å². The molecule has 15 atom stereocenters. The van der Waals surface area contributed by atoms with Crippen molar-refractivity contribution in [3.05, 3.63) is 0 Å². The van der Waals surface area contributed by atoms with E-state index in [-0.39, 0.29) is 13.0 Å². The second-order valence-corrected chi connectivity index (χ2v) is 14.6. The number of carbonyl (C=O) groups excluding carboxylic acids is 4. The summed E-state index contributed by atoms with van der Waals surface area (Å²) in [4.78, 5) is 49.6. The van der Waals surface area contributed by atoms with E-state index in [9.17, 15) is 34.5 Å². The minimum atomic E-state index is -1.78. The van der Waals surface area contributed by atoms with Crippen LogP contribution in [0.1, 0.15) is 120 Å². The van der Waals surface area contributed by atoms with Crippen LogP contribution in [0, 0.1) is 0 Å². The summed E-state index contributed by atoms with van der Waals surface area (Å²) in [5.41, 5.74) is 0. The highest BCUT2D eigenvalue weighted by Crippen LogP contribution is 2.36. The van der Waals surface area contributed by atoms with E-state index in [1.807, 2.05) is 6.92 Å². The molecule has 0 saturated carbocycles. The quantitative estimate of drug-likeness (QED) is 0.0916. The summed E-state index contributed by atoms with van der Waals surface area (Å²) in [6, 6.07) is 0. The highest BCUT2D eigenvalue weighted by atomic mass is 16.8. The van der Waals surface area contributed by atoms with Gasteiger partial charge in [0, 0.05) is 33.8 Å². The van der Waals surface area contributed by atoms with Gasteiger partial charge in [-0.05, 0) is 33.6 Å². The first-order valence-electron chi connectivity index (χ1n) is 19.7. The first kappa shape index (κ1) is 46.9. The summed E-state index contributed by atoms with van der Waals surface area (Å²) in [6.07, 6.45) is -11.7. The molecule has 3 fully saturated rings. The van der Waals surface area contributed by atoms with Crippen molar-refractivity contribution < 1.29 is 81.9 Å². The molecule has 17 heteroatoms. The van der Waals surface area contributed by atoms with Crippen LogP contribution in [0.25, 0.3) is 0 Å². The fourth-order valence-electron chi connectivity index (χ4n) is 6.95. The van der Waals surface area contributed by atoms with E-state index in [2.05, 4.69) is 6.92 Å². The number of aliphatic hydroxyl groups excluding tert-OH is 3. The molecule has 3 heterocycles. The van der Waals surface area contributed by atoms with Gasteiger partial charge in [0.15, 0.2) is 43.3 Å². The second kappa shape index (κ2) is 23.1. The van der Waals surface area contributed by atoms with Crippen LogP contribution >= 0.6 is 0 Å². The summed E-state index contributed by atoms with van der Waals surface area (Å²) in [7, 11) is 0. The molecule has 55 heavy (non-hydrogen) atoms. The Kier molecular flexibility index (Phi) is 19.7. The Morgan fingerprint density at radius 3 is 1.58 bits per heavy atom. The molecule has 0 bridgehead atoms. The van der Waals surface area contributed by atoms with Gasteiger partial charge in [-0.3, -0.25) is 19.2 Å². The Morgan fingerprint density at radius 2 is 0.964 bits per heavy atom. The molecule has 3 rings (SSSR count). The fraction of sp³-hybridized carbons (Fsp3) is 0.895. The third-order valence-electron chi connectivity index (χ3n) is 9.78. The van der Waals surface area contributed by atoms with E-state index >= 15 is 0 Å². The zero-order chi connectivity index (χ0) is 40.8. The van der Waals surface area contributed by atoms with E-state index in [4.69, 9.17) is 47.4 Å². The van der Waals surface area contributed by atoms with E-state index in [0.717, 1.165) is 72.1 Å². The Bertz CT molecular complexity index is 1200. The number of hydrogen-bond donors (Lipinski definition) is 3. The lowest BCUT2D eigenvalue weighted by Crippen LogP contribution is -2.67. The Balaban J connectivity index is 1.94. The van der Waals surface area contributed by atoms with Gasteiger partial charge in [-0.25, -0.2) is 0 Å². The molecule has 0 aliphatic carbocycles. The van der Waals surface area contributed by atoms with Crippen molar-refractivity contribution in [2.45, 2.75) is 212 Å². The molecule has 17 nitrogen and oxygen atoms in total. The smallest absolute Gasteiger partial charge is 0.306 e. The zero-order valence-corrected chi connectivity index (χ0v) is 33.5. The Hall–Kier alpha value is -2.48. The number of unbranched alkanes of at least 4 members (excludes halogenated alkanes) is 7. The van der Waals surface area contributed by atoms with Crippen LogP contribution in [-0.2, 0) is 66.5 Å². The van der Waals surface area contributed by atoms with Crippen molar-refractivity contribution >= 4 is 23.9 Å². The molecule has 0 aromatic carbocycles. The average Bonchev–Trinajstić information content (AvgIpc) is 3.11. The number of ether oxygens (including phenoxy) is 10. The average molecular weight is 793 g/mol. The summed E-state index contributed by atoms with van der Waals surface area (Å²) < 4.78 is 58.9. The number of rotatable bonds is 20. The molecule has 3 N–H and O–H groups in total. The highest BCUT2D eigenvalue weighted by Gasteiger charge is 2.56. The normalized spacial score (nSPS) is 36.5. The highest BCUT2D eigenvalue weighted by molar-refractivity contribution is 5.69. The predicted octanol–water partition coefficient (Wildman–Crippen LogP) is 2.74. The predicted molar refractivity (Wildman–Crippen MR) is 191 cm³/mol. The standard InChI is InChI=1S/C38H64O17/c1-9-11-13-14-15-17-19-46-36-29(45)33(31(21(4)47-36)53-26(42)18-16-12-10-2)54-38-35(52-25(8)41)34(32(22(5)49-38)51-24(7)40)55-37-28(44)27(43)30(20(3)48-37)50-23(6)39/h20-22,27-38,43-45H,9-19H2,1-8H3/t20-,21-,22-,27-,28+,29+,30-,31-,32-,33-,34+,35+,36+,37-,38-/m0/s1.